The number of Topliss-reactive ketones (excluding diaryl/α,β-unsaturated/α-hetero) is 1. The summed E-state index contributed by atoms with van der Waals surface area (Å²) < 4.78 is 26.4. The number of hydrogen-bond donors (Lipinski definition) is 4. The molecule has 5 amide bonds. The van der Waals surface area contributed by atoms with Gasteiger partial charge in [0, 0.05) is 32.2 Å². The van der Waals surface area contributed by atoms with Crippen LogP contribution in [0.5, 0.6) is 0 Å². The molecule has 2 fully saturated rings. The number of ketones is 1. The molecule has 2 saturated heterocycles. The highest BCUT2D eigenvalue weighted by Gasteiger charge is 2.48. The smallest absolute Gasteiger partial charge is 0.315 e. The summed E-state index contributed by atoms with van der Waals surface area (Å²) in [6.45, 7) is 21.4. The third-order valence-electron chi connectivity index (χ3n) is 9.02. The fraction of sp³-hybridized carbons (Fsp3) is 0.788. The topological polar surface area (TPSA) is 174 Å². The summed E-state index contributed by atoms with van der Waals surface area (Å²) >= 11 is 0. The molecule has 2 unspecified atom stereocenters. The third-order valence-corrected chi connectivity index (χ3v) is 10.9. The summed E-state index contributed by atoms with van der Waals surface area (Å²) in [5.41, 5.74) is -1.25. The number of amides is 5. The predicted molar refractivity (Wildman–Crippen MR) is 182 cm³/mol. The van der Waals surface area contributed by atoms with Gasteiger partial charge in [-0.3, -0.25) is 19.2 Å². The van der Waals surface area contributed by atoms with Crippen molar-refractivity contribution < 1.29 is 32.4 Å². The lowest BCUT2D eigenvalue weighted by atomic mass is 9.84. The Labute approximate surface area is 281 Å². The van der Waals surface area contributed by atoms with Crippen LogP contribution >= 0.6 is 0 Å². The molecule has 2 aliphatic heterocycles. The average Bonchev–Trinajstić information content (AvgIpc) is 3.55. The minimum absolute atomic E-state index is 0.0264. The number of urea groups is 1. The van der Waals surface area contributed by atoms with Crippen molar-refractivity contribution in [3.8, 4) is 0 Å². The zero-order chi connectivity index (χ0) is 35.9. The second-order valence-corrected chi connectivity index (χ2v) is 17.3. The minimum atomic E-state index is -3.39. The van der Waals surface area contributed by atoms with Gasteiger partial charge in [-0.1, -0.05) is 74.8 Å². The maximum Gasteiger partial charge on any atom is 0.315 e. The average molecular weight is 683 g/mol. The van der Waals surface area contributed by atoms with Crippen molar-refractivity contribution in [2.75, 3.05) is 31.9 Å². The molecule has 13 nitrogen and oxygen atoms in total. The van der Waals surface area contributed by atoms with Gasteiger partial charge in [0.15, 0.2) is 0 Å². The zero-order valence-corrected chi connectivity index (χ0v) is 30.6. The van der Waals surface area contributed by atoms with Gasteiger partial charge in [0.1, 0.15) is 12.1 Å². The summed E-state index contributed by atoms with van der Waals surface area (Å²) in [6, 6.07) is -4.16. The molecule has 0 radical (unpaired) electrons. The first-order valence-electron chi connectivity index (χ1n) is 16.7. The second-order valence-electron chi connectivity index (χ2n) is 15.2. The van der Waals surface area contributed by atoms with Crippen LogP contribution in [0.15, 0.2) is 12.7 Å². The van der Waals surface area contributed by atoms with E-state index in [4.69, 9.17) is 0 Å². The van der Waals surface area contributed by atoms with Crippen molar-refractivity contribution in [1.29, 1.82) is 0 Å². The highest BCUT2D eigenvalue weighted by molar-refractivity contribution is 7.89. The Kier molecular flexibility index (Phi) is 14.0. The summed E-state index contributed by atoms with van der Waals surface area (Å²) in [6.07, 6.45) is 3.32. The predicted octanol–water partition coefficient (Wildman–Crippen LogP) is 2.18. The first-order valence-corrected chi connectivity index (χ1v) is 18.3. The third kappa shape index (κ3) is 10.8. The van der Waals surface area contributed by atoms with Gasteiger partial charge in [0.2, 0.25) is 27.6 Å². The number of nitrogens with zero attached hydrogens (tertiary/aromatic N) is 2. The van der Waals surface area contributed by atoms with E-state index in [9.17, 15) is 32.4 Å². The summed E-state index contributed by atoms with van der Waals surface area (Å²) in [7, 11) is -3.39. The van der Waals surface area contributed by atoms with Gasteiger partial charge in [-0.05, 0) is 41.9 Å². The van der Waals surface area contributed by atoms with Gasteiger partial charge in [-0.15, -0.1) is 6.58 Å². The van der Waals surface area contributed by atoms with Crippen molar-refractivity contribution >= 4 is 39.6 Å². The second kappa shape index (κ2) is 16.4. The molecule has 5 atom stereocenters. The Balaban J connectivity index is 2.32. The van der Waals surface area contributed by atoms with E-state index in [2.05, 4.69) is 27.8 Å². The Morgan fingerprint density at radius 1 is 0.957 bits per heavy atom. The van der Waals surface area contributed by atoms with Gasteiger partial charge in [0.05, 0.1) is 11.8 Å². The maximum atomic E-state index is 14.3. The van der Waals surface area contributed by atoms with E-state index in [1.165, 1.54) is 15.3 Å². The lowest BCUT2D eigenvalue weighted by Gasteiger charge is -2.38. The van der Waals surface area contributed by atoms with Crippen molar-refractivity contribution in [2.45, 2.75) is 112 Å². The monoisotopic (exact) mass is 682 g/mol. The summed E-state index contributed by atoms with van der Waals surface area (Å²) in [5, 5.41) is 11.0. The minimum Gasteiger partial charge on any atom is -0.346 e. The summed E-state index contributed by atoms with van der Waals surface area (Å²) in [5.74, 6) is -2.65. The van der Waals surface area contributed by atoms with E-state index < -0.39 is 74.6 Å². The number of likely N-dealkylation sites (tertiary alicyclic amines) is 1. The van der Waals surface area contributed by atoms with E-state index in [0.717, 1.165) is 0 Å². The fourth-order valence-corrected chi connectivity index (χ4v) is 7.64. The molecular weight excluding hydrogens is 624 g/mol. The standard InChI is InChI=1S/C33H58N6O7S/c1-11-14-23(26(40)29(42)34-16-12-2)35-28(41)25-22(21(3)4)15-18-39(25)30(43)27(33(8,9)10)37-31(44)36-24(32(5,6)7)20-38-17-13-19-47(38,45)46/h12,21-25,27H,2,11,13-20H2,1,3-10H3,(H,34,42)(H,35,41)(H2,36,37,44)/t22-,23?,24?,25+,27-/m1/s1. The highest BCUT2D eigenvalue weighted by atomic mass is 32.2. The van der Waals surface area contributed by atoms with E-state index in [1.807, 2.05) is 62.3 Å². The van der Waals surface area contributed by atoms with E-state index in [0.29, 0.717) is 25.8 Å². The van der Waals surface area contributed by atoms with Gasteiger partial charge in [-0.2, -0.15) is 4.31 Å². The summed E-state index contributed by atoms with van der Waals surface area (Å²) in [4.78, 5) is 68.6. The number of carbonyl (C=O) groups is 5. The van der Waals surface area contributed by atoms with Gasteiger partial charge in [-0.25, -0.2) is 13.2 Å². The molecule has 0 bridgehead atoms. The van der Waals surface area contributed by atoms with Crippen LogP contribution in [0, 0.1) is 22.7 Å². The lowest BCUT2D eigenvalue weighted by Crippen LogP contribution is -2.62. The van der Waals surface area contributed by atoms with Crippen molar-refractivity contribution in [1.82, 2.24) is 30.5 Å². The molecule has 0 aliphatic carbocycles. The van der Waals surface area contributed by atoms with Crippen molar-refractivity contribution in [3.05, 3.63) is 12.7 Å². The molecule has 0 aromatic rings. The SMILES string of the molecule is C=CCNC(=O)C(=O)C(CCC)NC(=O)[C@@H]1[C@@H](C(C)C)CCN1C(=O)[C@@H](NC(=O)NC(CN1CCCS1(=O)=O)C(C)(C)C)C(C)(C)C. The molecule has 2 rings (SSSR count). The normalized spacial score (nSPS) is 21.9. The Bertz CT molecular complexity index is 1270. The van der Waals surface area contributed by atoms with Gasteiger partial charge >= 0.3 is 6.03 Å². The fourth-order valence-electron chi connectivity index (χ4n) is 6.10. The number of hydrogen-bond acceptors (Lipinski definition) is 7. The number of carbonyl (C=O) groups excluding carboxylic acids is 5. The number of sulfonamides is 1. The number of rotatable bonds is 14. The molecule has 0 saturated carbocycles. The highest BCUT2D eigenvalue weighted by Crippen LogP contribution is 2.33. The van der Waals surface area contributed by atoms with Crippen LogP contribution in [0.3, 0.4) is 0 Å². The van der Waals surface area contributed by atoms with Crippen LogP contribution in [-0.2, 0) is 29.2 Å². The zero-order valence-electron chi connectivity index (χ0n) is 29.8. The largest absolute Gasteiger partial charge is 0.346 e. The van der Waals surface area contributed by atoms with Crippen LogP contribution in [0.2, 0.25) is 0 Å². The van der Waals surface area contributed by atoms with Gasteiger partial charge in [0.25, 0.3) is 5.91 Å². The molecule has 47 heavy (non-hydrogen) atoms. The van der Waals surface area contributed by atoms with Crippen LogP contribution in [0.1, 0.15) is 88.0 Å². The van der Waals surface area contributed by atoms with Crippen LogP contribution in [0.25, 0.3) is 0 Å². The molecule has 4 N–H and O–H groups in total. The molecule has 0 aromatic carbocycles. The van der Waals surface area contributed by atoms with E-state index in [-0.39, 0.29) is 43.6 Å². The van der Waals surface area contributed by atoms with Crippen LogP contribution in [-0.4, -0.2) is 103 Å². The maximum absolute atomic E-state index is 14.3. The van der Waals surface area contributed by atoms with Crippen molar-refractivity contribution in [3.63, 3.8) is 0 Å². The van der Waals surface area contributed by atoms with E-state index >= 15 is 0 Å². The Morgan fingerprint density at radius 2 is 1.60 bits per heavy atom. The molecule has 268 valence electrons. The lowest BCUT2D eigenvalue weighted by molar-refractivity contribution is -0.144. The quantitative estimate of drug-likeness (QED) is 0.161. The van der Waals surface area contributed by atoms with Crippen LogP contribution < -0.4 is 21.3 Å². The number of nitrogens with one attached hydrogen (secondary N) is 4. The first-order chi connectivity index (χ1) is 21.6. The van der Waals surface area contributed by atoms with Crippen LogP contribution in [0.4, 0.5) is 4.79 Å². The molecular formula is C33H58N6O7S. The molecule has 14 heteroatoms. The Hall–Kier alpha value is -3.00. The molecule has 2 heterocycles. The van der Waals surface area contributed by atoms with Crippen molar-refractivity contribution in [2.24, 2.45) is 22.7 Å². The molecule has 2 aliphatic rings. The van der Waals surface area contributed by atoms with Gasteiger partial charge < -0.3 is 26.2 Å². The van der Waals surface area contributed by atoms with E-state index in [1.54, 1.807) is 0 Å². The molecule has 0 aromatic heterocycles. The Morgan fingerprint density at radius 3 is 2.09 bits per heavy atom. The molecule has 0 spiro atoms. The first kappa shape index (κ1) is 40.2.